The van der Waals surface area contributed by atoms with Crippen molar-refractivity contribution in [3.05, 3.63) is 58.9 Å². The highest BCUT2D eigenvalue weighted by atomic mass is 35.5. The van der Waals surface area contributed by atoms with E-state index in [0.29, 0.717) is 0 Å². The second-order valence-corrected chi connectivity index (χ2v) is 5.39. The van der Waals surface area contributed by atoms with Crippen molar-refractivity contribution in [2.45, 2.75) is 19.4 Å². The molecule has 2 aromatic rings. The first-order valence-corrected chi connectivity index (χ1v) is 7.12. The highest BCUT2D eigenvalue weighted by Gasteiger charge is 2.08. The number of halogens is 1. The number of hydrogen-bond donors (Lipinski definition) is 1. The van der Waals surface area contributed by atoms with E-state index in [0.717, 1.165) is 34.9 Å². The molecular weight excluding hydrogens is 270 g/mol. The lowest BCUT2D eigenvalue weighted by Crippen LogP contribution is -2.20. The van der Waals surface area contributed by atoms with Gasteiger partial charge in [-0.3, -0.25) is 4.98 Å². The molecule has 2 rings (SSSR count). The lowest BCUT2D eigenvalue weighted by molar-refractivity contribution is 0.815. The number of nitrogens with zero attached hydrogens (tertiary/aromatic N) is 2. The van der Waals surface area contributed by atoms with E-state index in [4.69, 9.17) is 17.3 Å². The van der Waals surface area contributed by atoms with Gasteiger partial charge in [-0.1, -0.05) is 23.7 Å². The number of aromatic nitrogens is 1. The minimum Gasteiger partial charge on any atom is -0.374 e. The summed E-state index contributed by atoms with van der Waals surface area (Å²) in [6.45, 7) is 2.83. The average molecular weight is 290 g/mol. The predicted molar refractivity (Wildman–Crippen MR) is 85.3 cm³/mol. The Morgan fingerprint density at radius 2 is 2.10 bits per heavy atom. The molecule has 20 heavy (non-hydrogen) atoms. The molecule has 1 aromatic heterocycles. The van der Waals surface area contributed by atoms with Gasteiger partial charge in [-0.2, -0.15) is 0 Å². The minimum absolute atomic E-state index is 0.0459. The van der Waals surface area contributed by atoms with Crippen LogP contribution in [0.5, 0.6) is 0 Å². The fraction of sp³-hybridized carbons (Fsp3) is 0.312. The number of anilines is 1. The summed E-state index contributed by atoms with van der Waals surface area (Å²) < 4.78 is 0. The Balaban J connectivity index is 2.02. The highest BCUT2D eigenvalue weighted by molar-refractivity contribution is 6.31. The third-order valence-corrected chi connectivity index (χ3v) is 3.67. The van der Waals surface area contributed by atoms with E-state index in [2.05, 4.69) is 23.0 Å². The van der Waals surface area contributed by atoms with Crippen LogP contribution >= 0.6 is 11.6 Å². The molecule has 0 saturated carbocycles. The van der Waals surface area contributed by atoms with Crippen molar-refractivity contribution in [2.75, 3.05) is 18.5 Å². The number of benzene rings is 1. The van der Waals surface area contributed by atoms with Crippen LogP contribution in [-0.4, -0.2) is 18.6 Å². The third kappa shape index (κ3) is 3.71. The molecule has 0 bridgehead atoms. The second kappa shape index (κ2) is 6.73. The molecule has 0 radical (unpaired) electrons. The summed E-state index contributed by atoms with van der Waals surface area (Å²) >= 11 is 6.27. The van der Waals surface area contributed by atoms with E-state index in [-0.39, 0.29) is 6.04 Å². The van der Waals surface area contributed by atoms with Crippen LogP contribution in [0.15, 0.2) is 42.6 Å². The maximum absolute atomic E-state index is 6.27. The number of rotatable bonds is 5. The fourth-order valence-corrected chi connectivity index (χ4v) is 2.43. The number of pyridine rings is 1. The summed E-state index contributed by atoms with van der Waals surface area (Å²) in [5, 5.41) is 0.724. The van der Waals surface area contributed by atoms with Crippen LogP contribution in [0.4, 0.5) is 5.69 Å². The molecular formula is C16H20ClN3. The van der Waals surface area contributed by atoms with Gasteiger partial charge >= 0.3 is 0 Å². The van der Waals surface area contributed by atoms with E-state index in [1.165, 1.54) is 0 Å². The Morgan fingerprint density at radius 3 is 2.70 bits per heavy atom. The number of nitrogens with two attached hydrogens (primary N) is 1. The van der Waals surface area contributed by atoms with Crippen LogP contribution in [0.1, 0.15) is 24.2 Å². The molecule has 0 fully saturated rings. The van der Waals surface area contributed by atoms with E-state index >= 15 is 0 Å². The lowest BCUT2D eigenvalue weighted by atomic mass is 10.1. The van der Waals surface area contributed by atoms with E-state index in [9.17, 15) is 0 Å². The quantitative estimate of drug-likeness (QED) is 0.917. The van der Waals surface area contributed by atoms with E-state index in [1.807, 2.05) is 43.5 Å². The zero-order chi connectivity index (χ0) is 14.5. The second-order valence-electron chi connectivity index (χ2n) is 4.99. The summed E-state index contributed by atoms with van der Waals surface area (Å²) in [6.07, 6.45) is 2.73. The number of hydrogen-bond acceptors (Lipinski definition) is 3. The standard InChI is InChI=1S/C16H20ClN3/c1-12(18)15-7-6-14(11-16(15)17)20(2)10-8-13-5-3-4-9-19-13/h3-7,9,11-12H,8,10,18H2,1-2H3. The van der Waals surface area contributed by atoms with Crippen molar-refractivity contribution in [1.82, 2.24) is 4.98 Å². The van der Waals surface area contributed by atoms with E-state index in [1.54, 1.807) is 0 Å². The van der Waals surface area contributed by atoms with Gasteiger partial charge in [0.25, 0.3) is 0 Å². The number of likely N-dealkylation sites (N-methyl/N-ethyl adjacent to an activating group) is 1. The Labute approximate surface area is 125 Å². The summed E-state index contributed by atoms with van der Waals surface area (Å²) in [7, 11) is 2.06. The van der Waals surface area contributed by atoms with Gasteiger partial charge in [-0.25, -0.2) is 0 Å². The molecule has 0 amide bonds. The largest absolute Gasteiger partial charge is 0.374 e. The summed E-state index contributed by atoms with van der Waals surface area (Å²) in [5.74, 6) is 0. The maximum Gasteiger partial charge on any atom is 0.0474 e. The van der Waals surface area contributed by atoms with Crippen LogP contribution in [0, 0.1) is 0 Å². The smallest absolute Gasteiger partial charge is 0.0474 e. The highest BCUT2D eigenvalue weighted by Crippen LogP contribution is 2.26. The minimum atomic E-state index is -0.0459. The van der Waals surface area contributed by atoms with Crippen LogP contribution in [0.2, 0.25) is 5.02 Å². The molecule has 106 valence electrons. The molecule has 4 heteroatoms. The normalized spacial score (nSPS) is 12.2. The maximum atomic E-state index is 6.27. The van der Waals surface area contributed by atoms with Gasteiger partial charge < -0.3 is 10.6 Å². The van der Waals surface area contributed by atoms with Gasteiger partial charge in [0.15, 0.2) is 0 Å². The molecule has 0 aliphatic heterocycles. The molecule has 0 aliphatic carbocycles. The van der Waals surface area contributed by atoms with Crippen LogP contribution in [0.25, 0.3) is 0 Å². The summed E-state index contributed by atoms with van der Waals surface area (Å²) in [6, 6.07) is 12.0. The van der Waals surface area contributed by atoms with Gasteiger partial charge in [0.1, 0.15) is 0 Å². The van der Waals surface area contributed by atoms with Crippen LogP contribution < -0.4 is 10.6 Å². The first-order chi connectivity index (χ1) is 9.58. The van der Waals surface area contributed by atoms with Gasteiger partial charge in [-0.05, 0) is 36.8 Å². The van der Waals surface area contributed by atoms with Crippen molar-refractivity contribution in [2.24, 2.45) is 5.73 Å². The molecule has 3 nitrogen and oxygen atoms in total. The Bertz CT molecular complexity index is 555. The predicted octanol–water partition coefficient (Wildman–Crippen LogP) is 3.43. The van der Waals surface area contributed by atoms with Gasteiger partial charge in [0.2, 0.25) is 0 Å². The third-order valence-electron chi connectivity index (χ3n) is 3.34. The Morgan fingerprint density at radius 1 is 1.30 bits per heavy atom. The lowest BCUT2D eigenvalue weighted by Gasteiger charge is -2.20. The van der Waals surface area contributed by atoms with Crippen molar-refractivity contribution in [3.63, 3.8) is 0 Å². The zero-order valence-electron chi connectivity index (χ0n) is 11.9. The molecule has 1 unspecified atom stereocenters. The molecule has 1 heterocycles. The average Bonchev–Trinajstić information content (AvgIpc) is 2.45. The molecule has 1 aromatic carbocycles. The molecule has 0 saturated heterocycles. The monoisotopic (exact) mass is 289 g/mol. The SMILES string of the molecule is CC(N)c1ccc(N(C)CCc2ccccn2)cc1Cl. The van der Waals surface area contributed by atoms with Crippen molar-refractivity contribution in [3.8, 4) is 0 Å². The first kappa shape index (κ1) is 14.8. The van der Waals surface area contributed by atoms with Crippen LogP contribution in [-0.2, 0) is 6.42 Å². The summed E-state index contributed by atoms with van der Waals surface area (Å²) in [4.78, 5) is 6.50. The Hall–Kier alpha value is -1.58. The van der Waals surface area contributed by atoms with Crippen molar-refractivity contribution >= 4 is 17.3 Å². The summed E-state index contributed by atoms with van der Waals surface area (Å²) in [5.41, 5.74) is 9.04. The Kier molecular flexibility index (Phi) is 4.99. The van der Waals surface area contributed by atoms with E-state index < -0.39 is 0 Å². The van der Waals surface area contributed by atoms with Gasteiger partial charge in [0, 0.05) is 48.7 Å². The topological polar surface area (TPSA) is 42.1 Å². The molecule has 0 spiro atoms. The molecule has 2 N–H and O–H groups in total. The van der Waals surface area contributed by atoms with Gasteiger partial charge in [-0.15, -0.1) is 0 Å². The zero-order valence-corrected chi connectivity index (χ0v) is 12.6. The van der Waals surface area contributed by atoms with Crippen molar-refractivity contribution in [1.29, 1.82) is 0 Å². The van der Waals surface area contributed by atoms with Gasteiger partial charge in [0.05, 0.1) is 0 Å². The van der Waals surface area contributed by atoms with Crippen molar-refractivity contribution < 1.29 is 0 Å². The fourth-order valence-electron chi connectivity index (χ4n) is 2.08. The van der Waals surface area contributed by atoms with Crippen LogP contribution in [0.3, 0.4) is 0 Å². The first-order valence-electron chi connectivity index (χ1n) is 6.74. The molecule has 0 aliphatic rings. The molecule has 1 atom stereocenters.